The Morgan fingerprint density at radius 2 is 1.94 bits per heavy atom. The number of aliphatic hydroxyl groups is 1. The number of rotatable bonds is 7. The predicted molar refractivity (Wildman–Crippen MR) is 132 cm³/mol. The van der Waals surface area contributed by atoms with Crippen molar-refractivity contribution in [2.24, 2.45) is 11.8 Å². The lowest BCUT2D eigenvalue weighted by atomic mass is 9.86. The highest BCUT2D eigenvalue weighted by molar-refractivity contribution is 5.80. The van der Waals surface area contributed by atoms with Gasteiger partial charge in [0.25, 0.3) is 0 Å². The van der Waals surface area contributed by atoms with Crippen molar-refractivity contribution in [3.05, 3.63) is 35.7 Å². The van der Waals surface area contributed by atoms with Crippen LogP contribution in [0, 0.1) is 17.7 Å². The summed E-state index contributed by atoms with van der Waals surface area (Å²) in [6.45, 7) is 9.18. The summed E-state index contributed by atoms with van der Waals surface area (Å²) in [5.74, 6) is 0.250. The number of nitrogens with one attached hydrogen (secondary N) is 1. The van der Waals surface area contributed by atoms with Gasteiger partial charge in [-0.15, -0.1) is 0 Å². The van der Waals surface area contributed by atoms with Gasteiger partial charge < -0.3 is 24.8 Å². The summed E-state index contributed by atoms with van der Waals surface area (Å²) < 4.78 is 26.2. The first-order valence-corrected chi connectivity index (χ1v) is 12.6. The van der Waals surface area contributed by atoms with Crippen molar-refractivity contribution >= 4 is 17.6 Å². The molecule has 2 atom stereocenters. The third-order valence-corrected chi connectivity index (χ3v) is 6.39. The molecule has 1 fully saturated rings. The average molecular weight is 491 g/mol. The zero-order valence-corrected chi connectivity index (χ0v) is 21.3. The van der Waals surface area contributed by atoms with Crippen LogP contribution in [0.1, 0.15) is 65.4 Å². The van der Waals surface area contributed by atoms with Crippen LogP contribution in [0.4, 0.5) is 9.18 Å². The van der Waals surface area contributed by atoms with E-state index in [0.29, 0.717) is 56.2 Å². The van der Waals surface area contributed by atoms with Gasteiger partial charge in [0.2, 0.25) is 5.91 Å². The lowest BCUT2D eigenvalue weighted by Crippen LogP contribution is -2.42. The van der Waals surface area contributed by atoms with E-state index < -0.39 is 11.7 Å². The molecule has 194 valence electrons. The minimum Gasteiger partial charge on any atom is -0.493 e. The van der Waals surface area contributed by atoms with E-state index in [9.17, 15) is 19.1 Å². The molecule has 2 N–H and O–H groups in total. The quantitative estimate of drug-likeness (QED) is 0.586. The fourth-order valence-electron chi connectivity index (χ4n) is 4.38. The third-order valence-electron chi connectivity index (χ3n) is 6.39. The first-order chi connectivity index (χ1) is 16.5. The Kier molecular flexibility index (Phi) is 9.16. The van der Waals surface area contributed by atoms with Gasteiger partial charge in [0.05, 0.1) is 12.7 Å². The van der Waals surface area contributed by atoms with E-state index in [1.54, 1.807) is 24.0 Å². The predicted octanol–water partition coefficient (Wildman–Crippen LogP) is 4.53. The van der Waals surface area contributed by atoms with E-state index in [1.165, 1.54) is 6.07 Å². The van der Waals surface area contributed by atoms with Gasteiger partial charge in [0.15, 0.2) is 0 Å². The number of ether oxygens (including phenoxy) is 2. The number of hydrogen-bond donors (Lipinski definition) is 2. The minimum absolute atomic E-state index is 0.0673. The highest BCUT2D eigenvalue weighted by Gasteiger charge is 2.27. The molecule has 35 heavy (non-hydrogen) atoms. The van der Waals surface area contributed by atoms with Gasteiger partial charge in [0.1, 0.15) is 17.2 Å². The van der Waals surface area contributed by atoms with Crippen LogP contribution in [-0.4, -0.2) is 60.0 Å². The molecule has 1 aromatic carbocycles. The van der Waals surface area contributed by atoms with E-state index in [1.807, 2.05) is 26.8 Å². The Labute approximate surface area is 207 Å². The fraction of sp³-hybridized carbons (Fsp3) is 0.630. The van der Waals surface area contributed by atoms with E-state index in [0.717, 1.165) is 18.4 Å². The van der Waals surface area contributed by atoms with Crippen LogP contribution in [0.5, 0.6) is 5.75 Å². The van der Waals surface area contributed by atoms with Crippen molar-refractivity contribution in [3.8, 4) is 5.75 Å². The van der Waals surface area contributed by atoms with Gasteiger partial charge in [-0.1, -0.05) is 6.08 Å². The van der Waals surface area contributed by atoms with Crippen molar-refractivity contribution < 1.29 is 28.6 Å². The Bertz CT molecular complexity index is 917. The second kappa shape index (κ2) is 11.9. The second-order valence-corrected chi connectivity index (χ2v) is 10.7. The summed E-state index contributed by atoms with van der Waals surface area (Å²) in [5, 5.41) is 12.1. The van der Waals surface area contributed by atoms with Crippen molar-refractivity contribution in [2.75, 3.05) is 26.2 Å². The van der Waals surface area contributed by atoms with Crippen molar-refractivity contribution in [3.63, 3.8) is 0 Å². The normalized spacial score (nSPS) is 20.1. The molecule has 0 saturated carbocycles. The topological polar surface area (TPSA) is 88.1 Å². The standard InChI is InChI=1S/C27H39FN2O5/c1-18(31)16-29-25(32)21-7-5-20(6-8-21)23-10-9-22(15-24(23)28)34-17-19-11-13-30(14-12-19)26(33)35-27(2,3)4/h5,9-10,15,18-19,21,31H,6-8,11-14,16-17H2,1-4H3,(H,29,32)/t18-,21?/m0/s1. The maximum Gasteiger partial charge on any atom is 0.410 e. The highest BCUT2D eigenvalue weighted by atomic mass is 19.1. The van der Waals surface area contributed by atoms with Crippen LogP contribution in [0.15, 0.2) is 24.3 Å². The minimum atomic E-state index is -0.575. The molecule has 3 rings (SSSR count). The molecule has 0 radical (unpaired) electrons. The number of likely N-dealkylation sites (tertiary alicyclic amines) is 1. The van der Waals surface area contributed by atoms with Gasteiger partial charge in [-0.2, -0.15) is 0 Å². The van der Waals surface area contributed by atoms with E-state index in [-0.39, 0.29) is 30.3 Å². The number of hydrogen-bond acceptors (Lipinski definition) is 5. The summed E-state index contributed by atoms with van der Waals surface area (Å²) in [5.41, 5.74) is 0.949. The summed E-state index contributed by atoms with van der Waals surface area (Å²) in [6.07, 6.45) is 4.55. The van der Waals surface area contributed by atoms with Gasteiger partial charge in [-0.25, -0.2) is 9.18 Å². The fourth-order valence-corrected chi connectivity index (χ4v) is 4.38. The summed E-state index contributed by atoms with van der Waals surface area (Å²) >= 11 is 0. The number of benzene rings is 1. The number of nitrogens with zero attached hydrogens (tertiary/aromatic N) is 1. The number of carbonyl (C=O) groups is 2. The maximum absolute atomic E-state index is 14.9. The molecule has 1 unspecified atom stereocenters. The molecule has 2 amide bonds. The number of carbonyl (C=O) groups excluding carboxylic acids is 2. The first kappa shape index (κ1) is 27.0. The smallest absolute Gasteiger partial charge is 0.410 e. The number of piperidine rings is 1. The number of allylic oxidation sites excluding steroid dienone is 2. The van der Waals surface area contributed by atoms with Crippen molar-refractivity contribution in [2.45, 2.75) is 71.5 Å². The Morgan fingerprint density at radius 3 is 2.51 bits per heavy atom. The Morgan fingerprint density at radius 1 is 1.23 bits per heavy atom. The lowest BCUT2D eigenvalue weighted by molar-refractivity contribution is -0.125. The number of halogens is 1. The second-order valence-electron chi connectivity index (χ2n) is 10.7. The molecular weight excluding hydrogens is 451 g/mol. The molecule has 1 aliphatic carbocycles. The summed E-state index contributed by atoms with van der Waals surface area (Å²) in [6, 6.07) is 4.96. The highest BCUT2D eigenvalue weighted by Crippen LogP contribution is 2.33. The lowest BCUT2D eigenvalue weighted by Gasteiger charge is -2.33. The third kappa shape index (κ3) is 8.23. The average Bonchev–Trinajstić information content (AvgIpc) is 2.80. The molecule has 1 aromatic rings. The molecule has 1 saturated heterocycles. The Balaban J connectivity index is 1.46. The number of aliphatic hydroxyl groups excluding tert-OH is 1. The molecule has 1 aliphatic heterocycles. The first-order valence-electron chi connectivity index (χ1n) is 12.6. The van der Waals surface area contributed by atoms with Crippen molar-refractivity contribution in [1.29, 1.82) is 0 Å². The van der Waals surface area contributed by atoms with Crippen LogP contribution < -0.4 is 10.1 Å². The zero-order chi connectivity index (χ0) is 25.6. The number of amides is 2. The Hall–Kier alpha value is -2.61. The van der Waals surface area contributed by atoms with Crippen LogP contribution in [0.3, 0.4) is 0 Å². The van der Waals surface area contributed by atoms with E-state index in [2.05, 4.69) is 5.32 Å². The molecule has 8 heteroatoms. The van der Waals surface area contributed by atoms with Crippen LogP contribution >= 0.6 is 0 Å². The van der Waals surface area contributed by atoms with Crippen LogP contribution in [0.25, 0.3) is 5.57 Å². The summed E-state index contributed by atoms with van der Waals surface area (Å²) in [7, 11) is 0. The molecule has 0 aromatic heterocycles. The van der Waals surface area contributed by atoms with Gasteiger partial charge in [-0.3, -0.25) is 4.79 Å². The molecule has 2 aliphatic rings. The SMILES string of the molecule is C[C@H](O)CNC(=O)C1CC=C(c2ccc(OCC3CCN(C(=O)OC(C)(C)C)CC3)cc2F)CC1. The molecule has 1 heterocycles. The molecular formula is C27H39FN2O5. The summed E-state index contributed by atoms with van der Waals surface area (Å²) in [4.78, 5) is 26.1. The van der Waals surface area contributed by atoms with Crippen LogP contribution in [0.2, 0.25) is 0 Å². The van der Waals surface area contributed by atoms with Gasteiger partial charge in [-0.05, 0) is 83.4 Å². The molecule has 7 nitrogen and oxygen atoms in total. The van der Waals surface area contributed by atoms with Gasteiger partial charge >= 0.3 is 6.09 Å². The van der Waals surface area contributed by atoms with Crippen molar-refractivity contribution in [1.82, 2.24) is 10.2 Å². The molecule has 0 bridgehead atoms. The van der Waals surface area contributed by atoms with E-state index in [4.69, 9.17) is 9.47 Å². The molecule has 0 spiro atoms. The largest absolute Gasteiger partial charge is 0.493 e. The maximum atomic E-state index is 14.9. The van der Waals surface area contributed by atoms with Gasteiger partial charge in [0, 0.05) is 37.2 Å². The van der Waals surface area contributed by atoms with E-state index >= 15 is 0 Å². The zero-order valence-electron chi connectivity index (χ0n) is 21.3. The van der Waals surface area contributed by atoms with Crippen LogP contribution in [-0.2, 0) is 9.53 Å². The monoisotopic (exact) mass is 490 g/mol.